The number of hydrogen-bond acceptors (Lipinski definition) is 4. The molecule has 1 aromatic heterocycles. The Labute approximate surface area is 115 Å². The first-order valence-corrected chi connectivity index (χ1v) is 6.95. The third-order valence-electron chi connectivity index (χ3n) is 3.57. The van der Waals surface area contributed by atoms with E-state index in [0.29, 0.717) is 23.6 Å². The number of carbonyl (C=O) groups is 2. The molecule has 0 bridgehead atoms. The van der Waals surface area contributed by atoms with Crippen molar-refractivity contribution in [2.24, 2.45) is 5.92 Å². The fraction of sp³-hybridized carbons (Fsp3) is 0.538. The van der Waals surface area contributed by atoms with Gasteiger partial charge in [-0.2, -0.15) is 0 Å². The third kappa shape index (κ3) is 2.45. The minimum atomic E-state index is -0.836. The summed E-state index contributed by atoms with van der Waals surface area (Å²) in [4.78, 5) is 26.8. The Bertz CT molecular complexity index is 511. The first kappa shape index (κ1) is 13.9. The van der Waals surface area contributed by atoms with Crippen LogP contribution in [-0.2, 0) is 4.79 Å². The quantitative estimate of drug-likeness (QED) is 0.921. The van der Waals surface area contributed by atoms with Gasteiger partial charge in [-0.25, -0.2) is 0 Å². The summed E-state index contributed by atoms with van der Waals surface area (Å²) in [6, 6.07) is 1.55. The fourth-order valence-corrected chi connectivity index (χ4v) is 3.41. The lowest BCUT2D eigenvalue weighted by Gasteiger charge is -2.23. The van der Waals surface area contributed by atoms with E-state index in [1.165, 1.54) is 18.4 Å². The van der Waals surface area contributed by atoms with Gasteiger partial charge in [-0.05, 0) is 26.3 Å². The maximum absolute atomic E-state index is 12.5. The van der Waals surface area contributed by atoms with E-state index in [2.05, 4.69) is 0 Å². The number of carbonyl (C=O) groups excluding carboxylic acids is 1. The Balaban J connectivity index is 2.23. The van der Waals surface area contributed by atoms with Gasteiger partial charge in [0.15, 0.2) is 0 Å². The van der Waals surface area contributed by atoms with E-state index < -0.39 is 11.9 Å². The predicted molar refractivity (Wildman–Crippen MR) is 71.8 cm³/mol. The molecule has 1 aliphatic heterocycles. The van der Waals surface area contributed by atoms with Gasteiger partial charge in [-0.3, -0.25) is 9.59 Å². The first-order valence-electron chi connectivity index (χ1n) is 6.14. The molecule has 0 aromatic carbocycles. The summed E-state index contributed by atoms with van der Waals surface area (Å²) in [5.74, 6) is -0.877. The summed E-state index contributed by atoms with van der Waals surface area (Å²) in [6.45, 7) is 4.19. The second kappa shape index (κ2) is 5.21. The number of hydrogen-bond donors (Lipinski definition) is 1. The SMILES string of the molecule is COc1cc(C)sc1C(=O)N1CCC(C(=O)O)C1C. The second-order valence-corrected chi connectivity index (χ2v) is 5.98. The molecule has 2 unspecified atom stereocenters. The molecular formula is C13H17NO4S. The molecule has 0 aliphatic carbocycles. The molecule has 2 atom stereocenters. The lowest BCUT2D eigenvalue weighted by atomic mass is 10.0. The molecule has 6 heteroatoms. The van der Waals surface area contributed by atoms with Gasteiger partial charge in [0.05, 0.1) is 13.0 Å². The Morgan fingerprint density at radius 1 is 1.53 bits per heavy atom. The van der Waals surface area contributed by atoms with E-state index >= 15 is 0 Å². The van der Waals surface area contributed by atoms with Crippen LogP contribution >= 0.6 is 11.3 Å². The molecule has 1 saturated heterocycles. The van der Waals surface area contributed by atoms with Crippen molar-refractivity contribution in [3.8, 4) is 5.75 Å². The molecular weight excluding hydrogens is 266 g/mol. The number of rotatable bonds is 3. The van der Waals surface area contributed by atoms with E-state index in [4.69, 9.17) is 9.84 Å². The average molecular weight is 283 g/mol. The number of ether oxygens (including phenoxy) is 1. The van der Waals surface area contributed by atoms with Gasteiger partial charge in [0.25, 0.3) is 5.91 Å². The van der Waals surface area contributed by atoms with Crippen LogP contribution in [0.2, 0.25) is 0 Å². The van der Waals surface area contributed by atoms with Crippen LogP contribution in [-0.4, -0.2) is 41.6 Å². The third-order valence-corrected chi connectivity index (χ3v) is 4.59. The molecule has 1 N–H and O–H groups in total. The summed E-state index contributed by atoms with van der Waals surface area (Å²) in [5.41, 5.74) is 0. The number of methoxy groups -OCH3 is 1. The van der Waals surface area contributed by atoms with Crippen molar-refractivity contribution in [3.05, 3.63) is 15.8 Å². The zero-order valence-corrected chi connectivity index (χ0v) is 12.0. The molecule has 104 valence electrons. The highest BCUT2D eigenvalue weighted by molar-refractivity contribution is 7.14. The van der Waals surface area contributed by atoms with E-state index in [1.807, 2.05) is 13.0 Å². The largest absolute Gasteiger partial charge is 0.495 e. The second-order valence-electron chi connectivity index (χ2n) is 4.73. The highest BCUT2D eigenvalue weighted by Gasteiger charge is 2.39. The number of amides is 1. The number of carboxylic acid groups (broad SMARTS) is 1. The van der Waals surface area contributed by atoms with E-state index in [-0.39, 0.29) is 11.9 Å². The topological polar surface area (TPSA) is 66.8 Å². The van der Waals surface area contributed by atoms with Crippen molar-refractivity contribution in [2.45, 2.75) is 26.3 Å². The summed E-state index contributed by atoms with van der Waals surface area (Å²) < 4.78 is 5.20. The Hall–Kier alpha value is -1.56. The highest BCUT2D eigenvalue weighted by atomic mass is 32.1. The number of aliphatic carboxylic acids is 1. The summed E-state index contributed by atoms with van der Waals surface area (Å²) in [7, 11) is 1.53. The highest BCUT2D eigenvalue weighted by Crippen LogP contribution is 2.33. The number of nitrogens with zero attached hydrogens (tertiary/aromatic N) is 1. The van der Waals surface area contributed by atoms with Crippen molar-refractivity contribution in [1.29, 1.82) is 0 Å². The lowest BCUT2D eigenvalue weighted by Crippen LogP contribution is -2.37. The van der Waals surface area contributed by atoms with Crippen molar-refractivity contribution >= 4 is 23.2 Å². The number of thiophene rings is 1. The van der Waals surface area contributed by atoms with Crippen LogP contribution in [0.5, 0.6) is 5.75 Å². The van der Waals surface area contributed by atoms with Crippen molar-refractivity contribution in [3.63, 3.8) is 0 Å². The van der Waals surface area contributed by atoms with Crippen LogP contribution in [0.25, 0.3) is 0 Å². The molecule has 1 fully saturated rings. The summed E-state index contributed by atoms with van der Waals surface area (Å²) in [6.07, 6.45) is 0.509. The van der Waals surface area contributed by atoms with Crippen molar-refractivity contribution < 1.29 is 19.4 Å². The predicted octanol–water partition coefficient (Wildman–Crippen LogP) is 2.00. The normalized spacial score (nSPS) is 22.6. The molecule has 19 heavy (non-hydrogen) atoms. The van der Waals surface area contributed by atoms with Gasteiger partial charge in [-0.1, -0.05) is 0 Å². The maximum atomic E-state index is 12.5. The van der Waals surface area contributed by atoms with E-state index in [9.17, 15) is 9.59 Å². The fourth-order valence-electron chi connectivity index (χ4n) is 2.48. The standard InChI is InChI=1S/C13H17NO4S/c1-7-6-10(18-3)11(19-7)12(15)14-5-4-9(8(14)2)13(16)17/h6,8-9H,4-5H2,1-3H3,(H,16,17). The monoisotopic (exact) mass is 283 g/mol. The Kier molecular flexibility index (Phi) is 3.80. The molecule has 2 heterocycles. The van der Waals surface area contributed by atoms with Crippen LogP contribution in [0.1, 0.15) is 27.9 Å². The Morgan fingerprint density at radius 3 is 2.74 bits per heavy atom. The number of aryl methyl sites for hydroxylation is 1. The van der Waals surface area contributed by atoms with Gasteiger partial charge < -0.3 is 14.7 Å². The average Bonchev–Trinajstić information content (AvgIpc) is 2.91. The van der Waals surface area contributed by atoms with Gasteiger partial charge in [0.1, 0.15) is 10.6 Å². The van der Waals surface area contributed by atoms with E-state index in [0.717, 1.165) is 4.88 Å². The van der Waals surface area contributed by atoms with Gasteiger partial charge in [0, 0.05) is 17.5 Å². The number of likely N-dealkylation sites (tertiary alicyclic amines) is 1. The molecule has 5 nitrogen and oxygen atoms in total. The molecule has 2 rings (SSSR count). The van der Waals surface area contributed by atoms with Crippen molar-refractivity contribution in [1.82, 2.24) is 4.90 Å². The van der Waals surface area contributed by atoms with Gasteiger partial charge >= 0.3 is 5.97 Å². The molecule has 0 radical (unpaired) electrons. The van der Waals surface area contributed by atoms with Crippen LogP contribution in [0, 0.1) is 12.8 Å². The Morgan fingerprint density at radius 2 is 2.21 bits per heavy atom. The number of carboxylic acids is 1. The van der Waals surface area contributed by atoms with E-state index in [1.54, 1.807) is 11.8 Å². The minimum absolute atomic E-state index is 0.133. The molecule has 0 spiro atoms. The van der Waals surface area contributed by atoms with Crippen molar-refractivity contribution in [2.75, 3.05) is 13.7 Å². The summed E-state index contributed by atoms with van der Waals surface area (Å²) in [5, 5.41) is 9.10. The van der Waals surface area contributed by atoms with Crippen LogP contribution < -0.4 is 4.74 Å². The van der Waals surface area contributed by atoms with Gasteiger partial charge in [-0.15, -0.1) is 11.3 Å². The summed E-state index contributed by atoms with van der Waals surface area (Å²) >= 11 is 1.38. The zero-order chi connectivity index (χ0) is 14.2. The van der Waals surface area contributed by atoms with Crippen LogP contribution in [0.15, 0.2) is 6.07 Å². The first-order chi connectivity index (χ1) is 8.95. The zero-order valence-electron chi connectivity index (χ0n) is 11.2. The van der Waals surface area contributed by atoms with Gasteiger partial charge in [0.2, 0.25) is 0 Å². The molecule has 1 aromatic rings. The molecule has 0 saturated carbocycles. The maximum Gasteiger partial charge on any atom is 0.308 e. The van der Waals surface area contributed by atoms with Crippen LogP contribution in [0.3, 0.4) is 0 Å². The smallest absolute Gasteiger partial charge is 0.308 e. The molecule has 1 aliphatic rings. The molecule has 1 amide bonds. The minimum Gasteiger partial charge on any atom is -0.495 e. The lowest BCUT2D eigenvalue weighted by molar-refractivity contribution is -0.142. The van der Waals surface area contributed by atoms with Crippen LogP contribution in [0.4, 0.5) is 0 Å².